The molecule has 10 heteroatoms. The molecule has 0 spiro atoms. The van der Waals surface area contributed by atoms with Gasteiger partial charge in [-0.05, 0) is 6.42 Å². The minimum Gasteiger partial charge on any atom is -0.481 e. The highest BCUT2D eigenvalue weighted by Gasteiger charge is 2.06. The largest absolute Gasteiger partial charge is 0.481 e. The molecule has 0 saturated carbocycles. The number of aliphatic carboxylic acids is 1. The van der Waals surface area contributed by atoms with Crippen LogP contribution >= 0.6 is 24.8 Å². The molecular formula is C15H30Cl2N2O6. The monoisotopic (exact) mass is 404 g/mol. The average molecular weight is 405 g/mol. The van der Waals surface area contributed by atoms with E-state index in [2.05, 4.69) is 6.92 Å². The first kappa shape index (κ1) is 31.5. The third kappa shape index (κ3) is 27.9. The van der Waals surface area contributed by atoms with Gasteiger partial charge in [-0.3, -0.25) is 19.2 Å². The van der Waals surface area contributed by atoms with E-state index < -0.39 is 5.97 Å². The van der Waals surface area contributed by atoms with Gasteiger partial charge in [-0.15, -0.1) is 24.8 Å². The van der Waals surface area contributed by atoms with Crippen LogP contribution in [0, 0.1) is 0 Å². The van der Waals surface area contributed by atoms with E-state index in [1.807, 2.05) is 0 Å². The maximum Gasteiger partial charge on any atom is 0.306 e. The summed E-state index contributed by atoms with van der Waals surface area (Å²) in [6, 6.07) is 0. The van der Waals surface area contributed by atoms with E-state index in [1.165, 1.54) is 0 Å². The number of nitrogens with two attached hydrogens (primary N) is 2. The molecule has 0 aliphatic rings. The van der Waals surface area contributed by atoms with Gasteiger partial charge in [-0.25, -0.2) is 0 Å². The van der Waals surface area contributed by atoms with Gasteiger partial charge in [0.1, 0.15) is 11.6 Å². The van der Waals surface area contributed by atoms with Gasteiger partial charge in [0.15, 0.2) is 0 Å². The number of esters is 1. The third-order valence-corrected chi connectivity index (χ3v) is 2.69. The van der Waals surface area contributed by atoms with Gasteiger partial charge in [-0.2, -0.15) is 0 Å². The van der Waals surface area contributed by atoms with Crippen molar-refractivity contribution in [2.24, 2.45) is 11.5 Å². The molecule has 150 valence electrons. The van der Waals surface area contributed by atoms with Crippen molar-refractivity contribution in [1.82, 2.24) is 0 Å². The Balaban J connectivity index is -0.000000177. The molecule has 0 heterocycles. The Morgan fingerprint density at radius 2 is 1.32 bits per heavy atom. The number of carbonyl (C=O) groups excluding carboxylic acids is 3. The van der Waals surface area contributed by atoms with Crippen molar-refractivity contribution in [3.05, 3.63) is 0 Å². The molecule has 8 nitrogen and oxygen atoms in total. The van der Waals surface area contributed by atoms with Crippen LogP contribution in [0.25, 0.3) is 0 Å². The van der Waals surface area contributed by atoms with E-state index in [0.717, 1.165) is 19.3 Å². The fourth-order valence-corrected chi connectivity index (χ4v) is 1.30. The summed E-state index contributed by atoms with van der Waals surface area (Å²) in [5, 5.41) is 8.06. The van der Waals surface area contributed by atoms with Gasteiger partial charge in [0, 0.05) is 12.8 Å². The van der Waals surface area contributed by atoms with Crippen molar-refractivity contribution in [2.45, 2.75) is 51.9 Å². The van der Waals surface area contributed by atoms with Gasteiger partial charge in [-0.1, -0.05) is 19.8 Å². The second-order valence-electron chi connectivity index (χ2n) is 4.81. The van der Waals surface area contributed by atoms with E-state index >= 15 is 0 Å². The molecule has 0 aromatic heterocycles. The topological polar surface area (TPSA) is 150 Å². The lowest BCUT2D eigenvalue weighted by molar-refractivity contribution is -0.144. The number of carbonyl (C=O) groups is 4. The second kappa shape index (κ2) is 22.8. The van der Waals surface area contributed by atoms with Crippen LogP contribution < -0.4 is 11.5 Å². The summed E-state index contributed by atoms with van der Waals surface area (Å²) in [6.07, 6.45) is 3.35. The molecule has 0 saturated heterocycles. The van der Waals surface area contributed by atoms with Crippen LogP contribution in [-0.2, 0) is 23.9 Å². The predicted octanol–water partition coefficient (Wildman–Crippen LogP) is 1.25. The smallest absolute Gasteiger partial charge is 0.306 e. The number of hydrogen-bond donors (Lipinski definition) is 3. The molecule has 0 rings (SSSR count). The predicted molar refractivity (Wildman–Crippen MR) is 99.2 cm³/mol. The van der Waals surface area contributed by atoms with Gasteiger partial charge >= 0.3 is 11.9 Å². The molecule has 0 unspecified atom stereocenters. The highest BCUT2D eigenvalue weighted by molar-refractivity contribution is 5.86. The zero-order valence-corrected chi connectivity index (χ0v) is 16.2. The normalized spacial score (nSPS) is 8.76. The van der Waals surface area contributed by atoms with Gasteiger partial charge in [0.25, 0.3) is 0 Å². The van der Waals surface area contributed by atoms with Crippen LogP contribution in [0.4, 0.5) is 0 Å². The molecule has 0 fully saturated rings. The lowest BCUT2D eigenvalue weighted by atomic mass is 10.2. The standard InChI is InChI=1S/C10H19NO3.C5H9NO3.2ClH/c1-2-3-4-7-14-10(13)6-5-9(12)8-11;6-3-4(7)1-2-5(8)9;;/h2-8,11H2,1H3;1-3,6H2,(H,8,9);2*1H. The molecule has 0 aromatic carbocycles. The number of ketones is 2. The first-order valence-corrected chi connectivity index (χ1v) is 7.68. The Morgan fingerprint density at radius 3 is 1.72 bits per heavy atom. The van der Waals surface area contributed by atoms with Gasteiger partial charge < -0.3 is 21.3 Å². The number of rotatable bonds is 12. The van der Waals surface area contributed by atoms with E-state index in [1.54, 1.807) is 0 Å². The van der Waals surface area contributed by atoms with Crippen molar-refractivity contribution in [2.75, 3.05) is 19.7 Å². The molecule has 0 atom stereocenters. The fraction of sp³-hybridized carbons (Fsp3) is 0.733. The highest BCUT2D eigenvalue weighted by atomic mass is 35.5. The molecule has 5 N–H and O–H groups in total. The zero-order chi connectivity index (χ0) is 18.1. The molecule has 0 aliphatic carbocycles. The Morgan fingerprint density at radius 1 is 0.840 bits per heavy atom. The number of carboxylic acids is 1. The van der Waals surface area contributed by atoms with Crippen LogP contribution in [0.15, 0.2) is 0 Å². The van der Waals surface area contributed by atoms with Crippen molar-refractivity contribution >= 4 is 48.3 Å². The number of hydrogen-bond acceptors (Lipinski definition) is 7. The highest BCUT2D eigenvalue weighted by Crippen LogP contribution is 1.98. The average Bonchev–Trinajstić information content (AvgIpc) is 2.54. The second-order valence-corrected chi connectivity index (χ2v) is 4.81. The van der Waals surface area contributed by atoms with Crippen LogP contribution in [0.2, 0.25) is 0 Å². The lowest BCUT2D eigenvalue weighted by Crippen LogP contribution is -2.15. The molecule has 0 amide bonds. The van der Waals surface area contributed by atoms with Crippen LogP contribution in [0.5, 0.6) is 0 Å². The summed E-state index contributed by atoms with van der Waals surface area (Å²) in [4.78, 5) is 41.9. The SMILES string of the molecule is CCCCCOC(=O)CCC(=O)CN.Cl.Cl.NCC(=O)CCC(=O)O. The first-order chi connectivity index (χ1) is 10.9. The van der Waals surface area contributed by atoms with Crippen molar-refractivity contribution < 1.29 is 29.0 Å². The van der Waals surface area contributed by atoms with E-state index in [-0.39, 0.29) is 81.1 Å². The maximum absolute atomic E-state index is 11.0. The quantitative estimate of drug-likeness (QED) is 0.324. The summed E-state index contributed by atoms with van der Waals surface area (Å²) in [5.74, 6) is -1.58. The number of unbranched alkanes of at least 4 members (excludes halogenated alkanes) is 2. The molecule has 25 heavy (non-hydrogen) atoms. The molecule has 0 radical (unpaired) electrons. The third-order valence-electron chi connectivity index (χ3n) is 2.69. The zero-order valence-electron chi connectivity index (χ0n) is 14.5. The summed E-state index contributed by atoms with van der Waals surface area (Å²) in [7, 11) is 0. The summed E-state index contributed by atoms with van der Waals surface area (Å²) in [6.45, 7) is 2.49. The van der Waals surface area contributed by atoms with Crippen molar-refractivity contribution in [3.8, 4) is 0 Å². The Hall–Kier alpha value is -1.22. The minimum absolute atomic E-state index is 0. The molecule has 0 aromatic rings. The summed E-state index contributed by atoms with van der Waals surface area (Å²) < 4.78 is 4.91. The van der Waals surface area contributed by atoms with E-state index in [9.17, 15) is 19.2 Å². The fourth-order valence-electron chi connectivity index (χ4n) is 1.30. The molecular weight excluding hydrogens is 375 g/mol. The first-order valence-electron chi connectivity index (χ1n) is 7.68. The van der Waals surface area contributed by atoms with Crippen LogP contribution in [0.3, 0.4) is 0 Å². The van der Waals surface area contributed by atoms with Crippen molar-refractivity contribution in [1.29, 1.82) is 0 Å². The number of Topliss-reactive ketones (excluding diaryl/α,β-unsaturated/α-hetero) is 2. The van der Waals surface area contributed by atoms with E-state index in [4.69, 9.17) is 21.3 Å². The maximum atomic E-state index is 11.0. The van der Waals surface area contributed by atoms with E-state index in [0.29, 0.717) is 6.61 Å². The molecule has 0 aliphatic heterocycles. The Kier molecular flexibility index (Phi) is 28.7. The lowest BCUT2D eigenvalue weighted by Gasteiger charge is -2.03. The number of halogens is 2. The van der Waals surface area contributed by atoms with Crippen LogP contribution in [0.1, 0.15) is 51.9 Å². The van der Waals surface area contributed by atoms with Gasteiger partial charge in [0.2, 0.25) is 0 Å². The number of carboxylic acid groups (broad SMARTS) is 1. The summed E-state index contributed by atoms with van der Waals surface area (Å²) >= 11 is 0. The van der Waals surface area contributed by atoms with Crippen molar-refractivity contribution in [3.63, 3.8) is 0 Å². The molecule has 0 bridgehead atoms. The summed E-state index contributed by atoms with van der Waals surface area (Å²) in [5.41, 5.74) is 10.0. The van der Waals surface area contributed by atoms with Gasteiger partial charge in [0.05, 0.1) is 32.5 Å². The Bertz CT molecular complexity index is 381. The minimum atomic E-state index is -0.961. The Labute approximate surface area is 160 Å². The van der Waals surface area contributed by atoms with Crippen LogP contribution in [-0.4, -0.2) is 48.3 Å². The number of ether oxygens (including phenoxy) is 1.